The maximum absolute atomic E-state index is 13.3. The van der Waals surface area contributed by atoms with Gasteiger partial charge in [0.1, 0.15) is 18.4 Å². The van der Waals surface area contributed by atoms with Gasteiger partial charge in [0.25, 0.3) is 5.91 Å². The van der Waals surface area contributed by atoms with Gasteiger partial charge in [0.15, 0.2) is 0 Å². The number of hydrogen-bond donors (Lipinski definition) is 0. The van der Waals surface area contributed by atoms with Crippen molar-refractivity contribution in [3.05, 3.63) is 57.8 Å². The predicted molar refractivity (Wildman–Crippen MR) is 120 cm³/mol. The quantitative estimate of drug-likeness (QED) is 0.573. The number of nitrogens with zero attached hydrogens (tertiary/aromatic N) is 3. The second kappa shape index (κ2) is 8.26. The van der Waals surface area contributed by atoms with Crippen molar-refractivity contribution in [1.82, 2.24) is 14.8 Å². The Morgan fingerprint density at radius 1 is 1.13 bits per heavy atom. The van der Waals surface area contributed by atoms with Crippen LogP contribution in [-0.4, -0.2) is 38.8 Å². The van der Waals surface area contributed by atoms with Gasteiger partial charge < -0.3 is 9.64 Å². The second-order valence-electron chi connectivity index (χ2n) is 8.64. The molecule has 3 heterocycles. The van der Waals surface area contributed by atoms with Crippen LogP contribution >= 0.6 is 15.9 Å². The van der Waals surface area contributed by atoms with Crippen LogP contribution in [0.2, 0.25) is 0 Å². The SMILES string of the molecule is C[C@@H]1c2ccc(OCc3ccccn3)c(Br)c2C[C@H]2C(=O)N(C3CCCCC3)C(=O)N12. The fraction of sp³-hybridized carbons (Fsp3) is 0.458. The van der Waals surface area contributed by atoms with Gasteiger partial charge in [0.2, 0.25) is 0 Å². The molecule has 0 radical (unpaired) electrons. The number of pyridine rings is 1. The summed E-state index contributed by atoms with van der Waals surface area (Å²) in [4.78, 5) is 34.3. The lowest BCUT2D eigenvalue weighted by Gasteiger charge is -2.36. The molecule has 5 rings (SSSR count). The summed E-state index contributed by atoms with van der Waals surface area (Å²) in [7, 11) is 0. The van der Waals surface area contributed by atoms with Crippen molar-refractivity contribution in [1.29, 1.82) is 0 Å². The molecule has 3 aliphatic rings. The fourth-order valence-electron chi connectivity index (χ4n) is 5.23. The third-order valence-electron chi connectivity index (χ3n) is 6.84. The standard InChI is InChI=1S/C24H26BrN3O3/c1-15-18-10-11-21(31-14-16-7-5-6-12-26-16)22(25)19(18)13-20-23(29)28(24(30)27(15)20)17-8-3-2-4-9-17/h5-7,10-12,15,17,20H,2-4,8-9,13-14H2,1H3/t15-,20+/m1/s1. The van der Waals surface area contributed by atoms with Gasteiger partial charge in [-0.05, 0) is 65.0 Å². The van der Waals surface area contributed by atoms with Crippen molar-refractivity contribution in [2.24, 2.45) is 0 Å². The molecule has 2 aromatic rings. The van der Waals surface area contributed by atoms with Crippen LogP contribution in [-0.2, 0) is 17.8 Å². The summed E-state index contributed by atoms with van der Waals surface area (Å²) in [6, 6.07) is 9.04. The molecule has 1 saturated heterocycles. The van der Waals surface area contributed by atoms with Crippen LogP contribution < -0.4 is 4.74 Å². The first-order valence-corrected chi connectivity index (χ1v) is 11.8. The number of ether oxygens (including phenoxy) is 1. The molecule has 1 saturated carbocycles. The zero-order valence-electron chi connectivity index (χ0n) is 17.6. The highest BCUT2D eigenvalue weighted by molar-refractivity contribution is 9.10. The van der Waals surface area contributed by atoms with Crippen molar-refractivity contribution >= 4 is 27.9 Å². The zero-order chi connectivity index (χ0) is 21.5. The highest BCUT2D eigenvalue weighted by atomic mass is 79.9. The molecule has 31 heavy (non-hydrogen) atoms. The minimum atomic E-state index is -0.431. The Morgan fingerprint density at radius 2 is 1.94 bits per heavy atom. The van der Waals surface area contributed by atoms with Gasteiger partial charge in [-0.1, -0.05) is 31.4 Å². The van der Waals surface area contributed by atoms with E-state index < -0.39 is 6.04 Å². The number of benzene rings is 1. The lowest BCUT2D eigenvalue weighted by atomic mass is 9.89. The zero-order valence-corrected chi connectivity index (χ0v) is 19.2. The number of halogens is 1. The van der Waals surface area contributed by atoms with Crippen molar-refractivity contribution in [3.8, 4) is 5.75 Å². The highest BCUT2D eigenvalue weighted by Crippen LogP contribution is 2.44. The van der Waals surface area contributed by atoms with Crippen LogP contribution in [0.15, 0.2) is 41.0 Å². The van der Waals surface area contributed by atoms with Gasteiger partial charge in [-0.3, -0.25) is 14.7 Å². The average molecular weight is 484 g/mol. The van der Waals surface area contributed by atoms with Gasteiger partial charge in [-0.25, -0.2) is 4.79 Å². The molecule has 1 aliphatic carbocycles. The van der Waals surface area contributed by atoms with Crippen molar-refractivity contribution < 1.29 is 14.3 Å². The molecule has 1 aromatic heterocycles. The minimum absolute atomic E-state index is 0.0406. The van der Waals surface area contributed by atoms with Crippen molar-refractivity contribution in [2.45, 2.75) is 70.2 Å². The van der Waals surface area contributed by atoms with Gasteiger partial charge in [-0.2, -0.15) is 0 Å². The number of carbonyl (C=O) groups excluding carboxylic acids is 2. The average Bonchev–Trinajstić information content (AvgIpc) is 3.05. The molecule has 2 aliphatic heterocycles. The van der Waals surface area contributed by atoms with E-state index in [2.05, 4.69) is 20.9 Å². The number of urea groups is 1. The lowest BCUT2D eigenvalue weighted by molar-refractivity contribution is -0.130. The fourth-order valence-corrected chi connectivity index (χ4v) is 5.87. The molecule has 162 valence electrons. The Labute approximate surface area is 190 Å². The van der Waals surface area contributed by atoms with Crippen LogP contribution in [0, 0.1) is 0 Å². The largest absolute Gasteiger partial charge is 0.486 e. The van der Waals surface area contributed by atoms with Crippen LogP contribution in [0.5, 0.6) is 5.75 Å². The summed E-state index contributed by atoms with van der Waals surface area (Å²) >= 11 is 3.72. The van der Waals surface area contributed by atoms with E-state index in [9.17, 15) is 9.59 Å². The molecule has 0 N–H and O–H groups in total. The molecule has 0 spiro atoms. The molecule has 2 atom stereocenters. The molecule has 0 bridgehead atoms. The summed E-state index contributed by atoms with van der Waals surface area (Å²) < 4.78 is 6.88. The summed E-state index contributed by atoms with van der Waals surface area (Å²) in [6.45, 7) is 2.39. The first-order valence-electron chi connectivity index (χ1n) is 11.1. The smallest absolute Gasteiger partial charge is 0.328 e. The maximum Gasteiger partial charge on any atom is 0.328 e. The number of hydrogen-bond acceptors (Lipinski definition) is 4. The number of aromatic nitrogens is 1. The van der Waals surface area contributed by atoms with Gasteiger partial charge >= 0.3 is 6.03 Å². The van der Waals surface area contributed by atoms with Crippen molar-refractivity contribution in [3.63, 3.8) is 0 Å². The summed E-state index contributed by atoms with van der Waals surface area (Å²) in [5.74, 6) is 0.687. The minimum Gasteiger partial charge on any atom is -0.486 e. The van der Waals surface area contributed by atoms with E-state index >= 15 is 0 Å². The second-order valence-corrected chi connectivity index (χ2v) is 9.43. The monoisotopic (exact) mass is 483 g/mol. The molecular weight excluding hydrogens is 458 g/mol. The third kappa shape index (κ3) is 3.53. The molecule has 6 nitrogen and oxygen atoms in total. The van der Waals surface area contributed by atoms with E-state index in [-0.39, 0.29) is 24.0 Å². The molecule has 7 heteroatoms. The van der Waals surface area contributed by atoms with E-state index in [1.807, 2.05) is 37.3 Å². The molecule has 1 aromatic carbocycles. The Hall–Kier alpha value is -2.41. The first-order chi connectivity index (χ1) is 15.1. The Morgan fingerprint density at radius 3 is 2.68 bits per heavy atom. The maximum atomic E-state index is 13.3. The summed E-state index contributed by atoms with van der Waals surface area (Å²) in [5, 5.41) is 0. The van der Waals surface area contributed by atoms with E-state index in [1.54, 1.807) is 16.0 Å². The Kier molecular flexibility index (Phi) is 5.46. The third-order valence-corrected chi connectivity index (χ3v) is 7.71. The molecule has 3 amide bonds. The van der Waals surface area contributed by atoms with Gasteiger partial charge in [0, 0.05) is 18.7 Å². The summed E-state index contributed by atoms with van der Waals surface area (Å²) in [6.07, 6.45) is 7.47. The molecular formula is C24H26BrN3O3. The van der Waals surface area contributed by atoms with Crippen LogP contribution in [0.4, 0.5) is 4.79 Å². The van der Waals surface area contributed by atoms with Gasteiger partial charge in [0.05, 0.1) is 16.2 Å². The number of amides is 3. The van der Waals surface area contributed by atoms with Crippen LogP contribution in [0.1, 0.15) is 61.9 Å². The predicted octanol–water partition coefficient (Wildman–Crippen LogP) is 5.01. The highest BCUT2D eigenvalue weighted by Gasteiger charge is 2.52. The van der Waals surface area contributed by atoms with E-state index in [0.717, 1.165) is 52.7 Å². The number of imide groups is 1. The van der Waals surface area contributed by atoms with Crippen LogP contribution in [0.3, 0.4) is 0 Å². The Bertz CT molecular complexity index is 1010. The van der Waals surface area contributed by atoms with E-state index in [1.165, 1.54) is 6.42 Å². The lowest BCUT2D eigenvalue weighted by Crippen LogP contribution is -2.43. The van der Waals surface area contributed by atoms with E-state index in [4.69, 9.17) is 4.74 Å². The Balaban J connectivity index is 1.41. The first kappa shape index (κ1) is 20.5. The summed E-state index contributed by atoms with van der Waals surface area (Å²) in [5.41, 5.74) is 2.98. The topological polar surface area (TPSA) is 62.7 Å². The molecule has 2 fully saturated rings. The molecule has 0 unspecified atom stereocenters. The van der Waals surface area contributed by atoms with E-state index in [0.29, 0.717) is 13.0 Å². The number of rotatable bonds is 4. The van der Waals surface area contributed by atoms with Gasteiger partial charge in [-0.15, -0.1) is 0 Å². The van der Waals surface area contributed by atoms with Crippen molar-refractivity contribution in [2.75, 3.05) is 0 Å². The normalized spacial score (nSPS) is 23.7. The number of carbonyl (C=O) groups is 2. The number of fused-ring (bicyclic) bond motifs is 2. The van der Waals surface area contributed by atoms with Crippen LogP contribution in [0.25, 0.3) is 0 Å².